The van der Waals surface area contributed by atoms with Gasteiger partial charge in [0, 0.05) is 41.7 Å². The van der Waals surface area contributed by atoms with Crippen molar-refractivity contribution in [2.24, 2.45) is 0 Å². The molecule has 1 unspecified atom stereocenters. The van der Waals surface area contributed by atoms with E-state index >= 15 is 0 Å². The fourth-order valence-corrected chi connectivity index (χ4v) is 4.52. The Labute approximate surface area is 138 Å². The van der Waals surface area contributed by atoms with Crippen LogP contribution in [0.2, 0.25) is 4.34 Å². The van der Waals surface area contributed by atoms with E-state index < -0.39 is 0 Å². The monoisotopic (exact) mass is 331 g/mol. The van der Waals surface area contributed by atoms with Gasteiger partial charge in [0.2, 0.25) is 0 Å². The Morgan fingerprint density at radius 3 is 3.14 bits per heavy atom. The topological polar surface area (TPSA) is 31.9 Å². The standard InChI is InChI=1S/C17H18ClN3S/c18-15-4-3-14(22-15)11-21-9-1-2-13(10-21)17-16-12(5-7-19-16)6-8-20-17/h3-8,13,19H,1-2,9-11H2. The summed E-state index contributed by atoms with van der Waals surface area (Å²) in [5, 5.41) is 1.26. The number of rotatable bonds is 3. The lowest BCUT2D eigenvalue weighted by atomic mass is 9.93. The molecule has 1 N–H and O–H groups in total. The van der Waals surface area contributed by atoms with Crippen LogP contribution in [0, 0.1) is 0 Å². The number of thiophene rings is 1. The SMILES string of the molecule is Clc1ccc(CN2CCCC(c3nccc4cc[nH]c34)C2)s1. The first-order valence-electron chi connectivity index (χ1n) is 7.68. The summed E-state index contributed by atoms with van der Waals surface area (Å²) in [6.07, 6.45) is 6.38. The van der Waals surface area contributed by atoms with Crippen LogP contribution in [0.15, 0.2) is 36.7 Å². The zero-order valence-corrected chi connectivity index (χ0v) is 13.8. The molecule has 0 radical (unpaired) electrons. The van der Waals surface area contributed by atoms with Crippen molar-refractivity contribution in [2.75, 3.05) is 13.1 Å². The number of fused-ring (bicyclic) bond motifs is 1. The van der Waals surface area contributed by atoms with E-state index in [2.05, 4.69) is 33.1 Å². The lowest BCUT2D eigenvalue weighted by Gasteiger charge is -2.32. The molecule has 114 valence electrons. The lowest BCUT2D eigenvalue weighted by Crippen LogP contribution is -2.34. The van der Waals surface area contributed by atoms with E-state index in [-0.39, 0.29) is 0 Å². The summed E-state index contributed by atoms with van der Waals surface area (Å²) in [4.78, 5) is 11.9. The van der Waals surface area contributed by atoms with Gasteiger partial charge in [0.25, 0.3) is 0 Å². The Balaban J connectivity index is 1.54. The van der Waals surface area contributed by atoms with Crippen molar-refractivity contribution >= 4 is 33.8 Å². The van der Waals surface area contributed by atoms with Crippen LogP contribution in [0.3, 0.4) is 0 Å². The van der Waals surface area contributed by atoms with Gasteiger partial charge in [-0.3, -0.25) is 9.88 Å². The predicted octanol–water partition coefficient (Wildman–Crippen LogP) is 4.66. The van der Waals surface area contributed by atoms with Crippen molar-refractivity contribution in [1.29, 1.82) is 0 Å². The zero-order valence-electron chi connectivity index (χ0n) is 12.3. The Hall–Kier alpha value is -1.36. The summed E-state index contributed by atoms with van der Waals surface area (Å²) in [5.74, 6) is 0.506. The van der Waals surface area contributed by atoms with Crippen molar-refractivity contribution in [3.05, 3.63) is 51.6 Å². The molecular weight excluding hydrogens is 314 g/mol. The molecule has 0 spiro atoms. The Morgan fingerprint density at radius 1 is 1.32 bits per heavy atom. The second-order valence-electron chi connectivity index (χ2n) is 5.92. The molecule has 3 aromatic heterocycles. The number of hydrogen-bond acceptors (Lipinski definition) is 3. The smallest absolute Gasteiger partial charge is 0.0931 e. The summed E-state index contributed by atoms with van der Waals surface area (Å²) in [5.41, 5.74) is 2.42. The van der Waals surface area contributed by atoms with Crippen molar-refractivity contribution in [3.8, 4) is 0 Å². The minimum atomic E-state index is 0.506. The van der Waals surface area contributed by atoms with Gasteiger partial charge in [0.05, 0.1) is 15.5 Å². The lowest BCUT2D eigenvalue weighted by molar-refractivity contribution is 0.200. The van der Waals surface area contributed by atoms with Crippen LogP contribution in [-0.2, 0) is 6.54 Å². The van der Waals surface area contributed by atoms with E-state index in [1.807, 2.05) is 18.5 Å². The van der Waals surface area contributed by atoms with Crippen molar-refractivity contribution < 1.29 is 0 Å². The average molecular weight is 332 g/mol. The number of nitrogens with zero attached hydrogens (tertiary/aromatic N) is 2. The normalized spacial score (nSPS) is 19.8. The van der Waals surface area contributed by atoms with Gasteiger partial charge in [-0.05, 0) is 43.7 Å². The molecule has 0 aliphatic carbocycles. The Bertz CT molecular complexity index is 779. The van der Waals surface area contributed by atoms with Crippen molar-refractivity contribution in [1.82, 2.24) is 14.9 Å². The molecule has 1 atom stereocenters. The number of pyridine rings is 1. The highest BCUT2D eigenvalue weighted by Crippen LogP contribution is 2.31. The van der Waals surface area contributed by atoms with E-state index in [0.29, 0.717) is 5.92 Å². The van der Waals surface area contributed by atoms with Crippen LogP contribution in [0.5, 0.6) is 0 Å². The third-order valence-electron chi connectivity index (χ3n) is 4.40. The maximum absolute atomic E-state index is 6.04. The number of piperidine rings is 1. The fourth-order valence-electron chi connectivity index (χ4n) is 3.39. The maximum Gasteiger partial charge on any atom is 0.0931 e. The summed E-state index contributed by atoms with van der Waals surface area (Å²) < 4.78 is 0.876. The van der Waals surface area contributed by atoms with Crippen molar-refractivity contribution in [2.45, 2.75) is 25.3 Å². The summed E-state index contributed by atoms with van der Waals surface area (Å²) in [7, 11) is 0. The molecule has 4 heterocycles. The molecule has 1 aliphatic rings. The van der Waals surface area contributed by atoms with E-state index in [4.69, 9.17) is 11.6 Å². The van der Waals surface area contributed by atoms with Crippen LogP contribution in [-0.4, -0.2) is 28.0 Å². The number of hydrogen-bond donors (Lipinski definition) is 1. The second-order valence-corrected chi connectivity index (χ2v) is 7.72. The number of nitrogens with one attached hydrogen (secondary N) is 1. The van der Waals surface area contributed by atoms with E-state index in [1.54, 1.807) is 11.3 Å². The van der Waals surface area contributed by atoms with Gasteiger partial charge in [-0.2, -0.15) is 0 Å². The molecule has 0 saturated carbocycles. The number of halogens is 1. The molecular formula is C17H18ClN3S. The molecule has 3 nitrogen and oxygen atoms in total. The molecule has 0 aromatic carbocycles. The van der Waals surface area contributed by atoms with Crippen LogP contribution < -0.4 is 0 Å². The van der Waals surface area contributed by atoms with Gasteiger partial charge >= 0.3 is 0 Å². The van der Waals surface area contributed by atoms with Gasteiger partial charge in [-0.25, -0.2) is 0 Å². The maximum atomic E-state index is 6.04. The van der Waals surface area contributed by atoms with E-state index in [0.717, 1.165) is 24.0 Å². The first-order valence-corrected chi connectivity index (χ1v) is 8.87. The average Bonchev–Trinajstić information content (AvgIpc) is 3.16. The summed E-state index contributed by atoms with van der Waals surface area (Å²) in [6, 6.07) is 8.32. The number of aromatic nitrogens is 2. The minimum Gasteiger partial charge on any atom is -0.360 e. The van der Waals surface area contributed by atoms with E-state index in [9.17, 15) is 0 Å². The van der Waals surface area contributed by atoms with Crippen molar-refractivity contribution in [3.63, 3.8) is 0 Å². The third-order valence-corrected chi connectivity index (χ3v) is 5.62. The highest BCUT2D eigenvalue weighted by Gasteiger charge is 2.24. The molecule has 0 bridgehead atoms. The molecule has 0 amide bonds. The van der Waals surface area contributed by atoms with Gasteiger partial charge in [0.15, 0.2) is 0 Å². The largest absolute Gasteiger partial charge is 0.360 e. The quantitative estimate of drug-likeness (QED) is 0.757. The van der Waals surface area contributed by atoms with Gasteiger partial charge in [0.1, 0.15) is 0 Å². The molecule has 5 heteroatoms. The van der Waals surface area contributed by atoms with Crippen LogP contribution in [0.1, 0.15) is 29.3 Å². The van der Waals surface area contributed by atoms with Crippen LogP contribution >= 0.6 is 22.9 Å². The van der Waals surface area contributed by atoms with Gasteiger partial charge in [-0.1, -0.05) is 11.6 Å². The first-order chi connectivity index (χ1) is 10.8. The number of aromatic amines is 1. The van der Waals surface area contributed by atoms with Crippen LogP contribution in [0.4, 0.5) is 0 Å². The molecule has 1 fully saturated rings. The Morgan fingerprint density at radius 2 is 2.27 bits per heavy atom. The highest BCUT2D eigenvalue weighted by molar-refractivity contribution is 7.16. The first kappa shape index (κ1) is 14.2. The summed E-state index contributed by atoms with van der Waals surface area (Å²) in [6.45, 7) is 3.22. The molecule has 22 heavy (non-hydrogen) atoms. The predicted molar refractivity (Wildman–Crippen MR) is 92.7 cm³/mol. The summed E-state index contributed by atoms with van der Waals surface area (Å²) >= 11 is 7.73. The van der Waals surface area contributed by atoms with Gasteiger partial charge in [-0.15, -0.1) is 11.3 Å². The third kappa shape index (κ3) is 2.78. The van der Waals surface area contributed by atoms with E-state index in [1.165, 1.54) is 34.3 Å². The number of H-pyrrole nitrogens is 1. The highest BCUT2D eigenvalue weighted by atomic mass is 35.5. The Kier molecular flexibility index (Phi) is 3.90. The van der Waals surface area contributed by atoms with Gasteiger partial charge < -0.3 is 4.98 Å². The molecule has 4 rings (SSSR count). The fraction of sp³-hybridized carbons (Fsp3) is 0.353. The van der Waals surface area contributed by atoms with Crippen LogP contribution in [0.25, 0.3) is 10.9 Å². The molecule has 1 saturated heterocycles. The minimum absolute atomic E-state index is 0.506. The molecule has 3 aromatic rings. The number of likely N-dealkylation sites (tertiary alicyclic amines) is 1. The molecule has 1 aliphatic heterocycles. The second kappa shape index (κ2) is 6.03. The zero-order chi connectivity index (χ0) is 14.9.